The van der Waals surface area contributed by atoms with Gasteiger partial charge in [0.2, 0.25) is 0 Å². The van der Waals surface area contributed by atoms with Gasteiger partial charge in [-0.2, -0.15) is 0 Å². The molecule has 0 aromatic heterocycles. The molecule has 0 unspecified atom stereocenters. The van der Waals surface area contributed by atoms with Crippen LogP contribution in [0.3, 0.4) is 0 Å². The van der Waals surface area contributed by atoms with E-state index >= 15 is 0 Å². The van der Waals surface area contributed by atoms with Gasteiger partial charge in [0.05, 0.1) is 0 Å². The highest BCUT2D eigenvalue weighted by atomic mass is 19.1. The zero-order valence-electron chi connectivity index (χ0n) is 15.4. The fraction of sp³-hybridized carbons (Fsp3) is 0.333. The first-order valence-electron chi connectivity index (χ1n) is 9.26. The van der Waals surface area contributed by atoms with Crippen LogP contribution in [0.15, 0.2) is 48.5 Å². The van der Waals surface area contributed by atoms with Gasteiger partial charge in [0.15, 0.2) is 0 Å². The van der Waals surface area contributed by atoms with Crippen molar-refractivity contribution in [3.8, 4) is 0 Å². The number of carbonyl (C=O) groups is 2. The molecule has 0 saturated carbocycles. The van der Waals surface area contributed by atoms with Crippen molar-refractivity contribution in [2.75, 3.05) is 25.0 Å². The van der Waals surface area contributed by atoms with Crippen LogP contribution in [0.25, 0.3) is 0 Å². The summed E-state index contributed by atoms with van der Waals surface area (Å²) in [5, 5.41) is 5.62. The molecule has 6 heteroatoms. The molecule has 1 fully saturated rings. The molecule has 0 bridgehead atoms. The van der Waals surface area contributed by atoms with Crippen molar-refractivity contribution in [2.45, 2.75) is 25.7 Å². The molecule has 1 saturated heterocycles. The Bertz CT molecular complexity index is 807. The Morgan fingerprint density at radius 2 is 1.96 bits per heavy atom. The van der Waals surface area contributed by atoms with Crippen molar-refractivity contribution < 1.29 is 14.0 Å². The lowest BCUT2D eigenvalue weighted by atomic mass is 9.89. The molecule has 1 atom stereocenters. The number of piperidine rings is 1. The number of hydrogen-bond acceptors (Lipinski definition) is 2. The number of nitrogens with zero attached hydrogens (tertiary/aromatic N) is 1. The van der Waals surface area contributed by atoms with Crippen molar-refractivity contribution in [1.82, 2.24) is 10.2 Å². The average molecular weight is 369 g/mol. The van der Waals surface area contributed by atoms with Gasteiger partial charge in [-0.3, -0.25) is 4.79 Å². The first-order valence-corrected chi connectivity index (χ1v) is 9.26. The van der Waals surface area contributed by atoms with E-state index in [1.165, 1.54) is 24.3 Å². The lowest BCUT2D eigenvalue weighted by molar-refractivity contribution is 0.102. The number of likely N-dealkylation sites (tertiary alicyclic amines) is 1. The second-order valence-electron chi connectivity index (χ2n) is 6.71. The Balaban J connectivity index is 1.70. The summed E-state index contributed by atoms with van der Waals surface area (Å²) in [4.78, 5) is 26.4. The van der Waals surface area contributed by atoms with Crippen LogP contribution in [0.1, 0.15) is 41.6 Å². The summed E-state index contributed by atoms with van der Waals surface area (Å²) >= 11 is 0. The molecule has 0 spiro atoms. The van der Waals surface area contributed by atoms with E-state index in [1.807, 2.05) is 30.0 Å². The molecule has 1 aliphatic heterocycles. The molecule has 142 valence electrons. The zero-order valence-corrected chi connectivity index (χ0v) is 15.4. The molecule has 27 heavy (non-hydrogen) atoms. The van der Waals surface area contributed by atoms with Gasteiger partial charge in [-0.15, -0.1) is 0 Å². The fourth-order valence-corrected chi connectivity index (χ4v) is 3.37. The molecule has 5 nitrogen and oxygen atoms in total. The lowest BCUT2D eigenvalue weighted by Gasteiger charge is -2.33. The molecule has 2 aromatic rings. The summed E-state index contributed by atoms with van der Waals surface area (Å²) in [6.07, 6.45) is 1.92. The molecule has 1 heterocycles. The van der Waals surface area contributed by atoms with Crippen LogP contribution in [0.2, 0.25) is 0 Å². The predicted octanol–water partition coefficient (Wildman–Crippen LogP) is 3.99. The van der Waals surface area contributed by atoms with E-state index in [4.69, 9.17) is 0 Å². The Kier molecular flexibility index (Phi) is 6.06. The van der Waals surface area contributed by atoms with Crippen molar-refractivity contribution >= 4 is 17.6 Å². The summed E-state index contributed by atoms with van der Waals surface area (Å²) < 4.78 is 13.0. The van der Waals surface area contributed by atoms with Gasteiger partial charge in [-0.05, 0) is 61.7 Å². The van der Waals surface area contributed by atoms with E-state index < -0.39 is 0 Å². The third-order valence-electron chi connectivity index (χ3n) is 4.76. The highest BCUT2D eigenvalue weighted by Crippen LogP contribution is 2.27. The molecule has 0 radical (unpaired) electrons. The predicted molar refractivity (Wildman–Crippen MR) is 103 cm³/mol. The number of carbonyl (C=O) groups excluding carboxylic acids is 2. The summed E-state index contributed by atoms with van der Waals surface area (Å²) in [6, 6.07) is 13.1. The van der Waals surface area contributed by atoms with E-state index in [-0.39, 0.29) is 23.7 Å². The van der Waals surface area contributed by atoms with Crippen LogP contribution in [0, 0.1) is 5.82 Å². The molecular weight excluding hydrogens is 345 g/mol. The Morgan fingerprint density at radius 1 is 1.19 bits per heavy atom. The Labute approximate surface area is 158 Å². The summed E-state index contributed by atoms with van der Waals surface area (Å²) in [6.45, 7) is 3.92. The van der Waals surface area contributed by atoms with Crippen LogP contribution in [-0.4, -0.2) is 36.5 Å². The van der Waals surface area contributed by atoms with Gasteiger partial charge in [-0.1, -0.05) is 12.1 Å². The maximum atomic E-state index is 13.0. The van der Waals surface area contributed by atoms with E-state index in [2.05, 4.69) is 10.6 Å². The molecule has 2 aromatic carbocycles. The van der Waals surface area contributed by atoms with Crippen LogP contribution in [0.5, 0.6) is 0 Å². The molecule has 3 amide bonds. The second-order valence-corrected chi connectivity index (χ2v) is 6.71. The number of urea groups is 1. The van der Waals surface area contributed by atoms with Crippen LogP contribution >= 0.6 is 0 Å². The third kappa shape index (κ3) is 4.84. The fourth-order valence-electron chi connectivity index (χ4n) is 3.37. The Morgan fingerprint density at radius 3 is 2.70 bits per heavy atom. The van der Waals surface area contributed by atoms with Gasteiger partial charge in [0.25, 0.3) is 5.91 Å². The molecule has 2 N–H and O–H groups in total. The quantitative estimate of drug-likeness (QED) is 0.856. The summed E-state index contributed by atoms with van der Waals surface area (Å²) in [5.41, 5.74) is 2.15. The van der Waals surface area contributed by atoms with Gasteiger partial charge in [0, 0.05) is 36.8 Å². The van der Waals surface area contributed by atoms with Crippen molar-refractivity contribution in [3.63, 3.8) is 0 Å². The van der Waals surface area contributed by atoms with Crippen LogP contribution in [-0.2, 0) is 0 Å². The van der Waals surface area contributed by atoms with Crippen LogP contribution < -0.4 is 10.6 Å². The average Bonchev–Trinajstić information content (AvgIpc) is 2.70. The lowest BCUT2D eigenvalue weighted by Crippen LogP contribution is -2.44. The number of hydrogen-bond donors (Lipinski definition) is 2. The van der Waals surface area contributed by atoms with Crippen LogP contribution in [0.4, 0.5) is 14.9 Å². The first-order chi connectivity index (χ1) is 13.1. The standard InChI is InChI=1S/C21H24FN3O2/c1-2-23-21(27)25-12-4-7-17(14-25)15-5-3-6-16(13-15)20(26)24-19-10-8-18(22)9-11-19/h3,5-6,8-11,13,17H,2,4,7,12,14H2,1H3,(H,23,27)(H,24,26)/t17-/m1/s1. The number of nitrogens with one attached hydrogen (secondary N) is 2. The minimum Gasteiger partial charge on any atom is -0.338 e. The van der Waals surface area contributed by atoms with E-state index in [9.17, 15) is 14.0 Å². The first kappa shape index (κ1) is 18.9. The summed E-state index contributed by atoms with van der Waals surface area (Å²) in [5.74, 6) is -0.372. The number of amides is 3. The third-order valence-corrected chi connectivity index (χ3v) is 4.76. The van der Waals surface area contributed by atoms with E-state index in [1.54, 1.807) is 6.07 Å². The normalized spacial score (nSPS) is 16.7. The topological polar surface area (TPSA) is 61.4 Å². The maximum absolute atomic E-state index is 13.0. The second kappa shape index (κ2) is 8.66. The van der Waals surface area contributed by atoms with Crippen molar-refractivity contribution in [3.05, 3.63) is 65.5 Å². The smallest absolute Gasteiger partial charge is 0.317 e. The minimum absolute atomic E-state index is 0.0348. The largest absolute Gasteiger partial charge is 0.338 e. The van der Waals surface area contributed by atoms with Gasteiger partial charge >= 0.3 is 6.03 Å². The highest BCUT2D eigenvalue weighted by molar-refractivity contribution is 6.04. The molecular formula is C21H24FN3O2. The monoisotopic (exact) mass is 369 g/mol. The van der Waals surface area contributed by atoms with Crippen molar-refractivity contribution in [1.29, 1.82) is 0 Å². The number of anilines is 1. The molecule has 1 aliphatic rings. The number of halogens is 1. The zero-order chi connectivity index (χ0) is 19.2. The highest BCUT2D eigenvalue weighted by Gasteiger charge is 2.24. The Hall–Kier alpha value is -2.89. The SMILES string of the molecule is CCNC(=O)N1CCC[C@@H](c2cccc(C(=O)Nc3ccc(F)cc3)c2)C1. The van der Waals surface area contributed by atoms with Gasteiger partial charge < -0.3 is 15.5 Å². The van der Waals surface area contributed by atoms with E-state index in [0.717, 1.165) is 24.9 Å². The molecule has 3 rings (SSSR count). The summed E-state index contributed by atoms with van der Waals surface area (Å²) in [7, 11) is 0. The number of benzene rings is 2. The maximum Gasteiger partial charge on any atom is 0.317 e. The number of rotatable bonds is 4. The minimum atomic E-state index is -0.344. The van der Waals surface area contributed by atoms with Crippen molar-refractivity contribution in [2.24, 2.45) is 0 Å². The van der Waals surface area contributed by atoms with Gasteiger partial charge in [0.1, 0.15) is 5.82 Å². The van der Waals surface area contributed by atoms with Gasteiger partial charge in [-0.25, -0.2) is 9.18 Å². The van der Waals surface area contributed by atoms with E-state index in [0.29, 0.717) is 24.3 Å². The molecule has 0 aliphatic carbocycles.